The molecule has 0 atom stereocenters. The van der Waals surface area contributed by atoms with Crippen LogP contribution in [-0.2, 0) is 4.79 Å². The molecular formula is C19H18Cl2N4O. The van der Waals surface area contributed by atoms with Crippen LogP contribution >= 0.6 is 23.2 Å². The highest BCUT2D eigenvalue weighted by molar-refractivity contribution is 6.32. The number of nitriles is 1. The zero-order valence-electron chi connectivity index (χ0n) is 14.1. The van der Waals surface area contributed by atoms with Gasteiger partial charge in [-0.05, 0) is 36.4 Å². The summed E-state index contributed by atoms with van der Waals surface area (Å²) in [7, 11) is 0. The average Bonchev–Trinajstić information content (AvgIpc) is 2.62. The number of hydrogen-bond donors (Lipinski definition) is 1. The Hall–Kier alpha value is -2.26. The SMILES string of the molecule is N#Cc1ccc(NC(=O)CN2CCN(c3cccc(Cl)c3)CC2)cc1Cl. The van der Waals surface area contributed by atoms with E-state index in [4.69, 9.17) is 28.5 Å². The van der Waals surface area contributed by atoms with Gasteiger partial charge in [0.25, 0.3) is 0 Å². The predicted molar refractivity (Wildman–Crippen MR) is 105 cm³/mol. The van der Waals surface area contributed by atoms with E-state index in [1.54, 1.807) is 18.2 Å². The minimum absolute atomic E-state index is 0.0954. The number of piperazine rings is 1. The number of nitrogens with one attached hydrogen (secondary N) is 1. The van der Waals surface area contributed by atoms with Gasteiger partial charge in [-0.1, -0.05) is 29.3 Å². The van der Waals surface area contributed by atoms with Crippen LogP contribution in [0.2, 0.25) is 10.0 Å². The number of hydrogen-bond acceptors (Lipinski definition) is 4. The van der Waals surface area contributed by atoms with Gasteiger partial charge in [0.15, 0.2) is 0 Å². The van der Waals surface area contributed by atoms with E-state index in [1.807, 2.05) is 30.3 Å². The first-order valence-corrected chi connectivity index (χ1v) is 9.03. The second kappa shape index (κ2) is 8.41. The van der Waals surface area contributed by atoms with Gasteiger partial charge in [-0.3, -0.25) is 9.69 Å². The van der Waals surface area contributed by atoms with Gasteiger partial charge >= 0.3 is 0 Å². The maximum atomic E-state index is 12.3. The van der Waals surface area contributed by atoms with E-state index in [-0.39, 0.29) is 5.91 Å². The fourth-order valence-electron chi connectivity index (χ4n) is 2.92. The van der Waals surface area contributed by atoms with E-state index < -0.39 is 0 Å². The molecule has 1 fully saturated rings. The van der Waals surface area contributed by atoms with Gasteiger partial charge in [0.1, 0.15) is 6.07 Å². The van der Waals surface area contributed by atoms with Crippen LogP contribution in [0.4, 0.5) is 11.4 Å². The molecule has 1 saturated heterocycles. The molecular weight excluding hydrogens is 371 g/mol. The standard InChI is InChI=1S/C19H18Cl2N4O/c20-15-2-1-3-17(10-15)25-8-6-24(7-9-25)13-19(26)23-16-5-4-14(12-22)18(21)11-16/h1-5,10-11H,6-9,13H2,(H,23,26). The zero-order chi connectivity index (χ0) is 18.5. The molecule has 2 aromatic rings. The van der Waals surface area contributed by atoms with Crippen molar-refractivity contribution in [3.63, 3.8) is 0 Å². The van der Waals surface area contributed by atoms with Crippen LogP contribution in [0.3, 0.4) is 0 Å². The Morgan fingerprint density at radius 3 is 2.54 bits per heavy atom. The van der Waals surface area contributed by atoms with E-state index in [9.17, 15) is 4.79 Å². The van der Waals surface area contributed by atoms with Gasteiger partial charge in [0.05, 0.1) is 17.1 Å². The molecule has 7 heteroatoms. The van der Waals surface area contributed by atoms with Crippen LogP contribution in [-0.4, -0.2) is 43.5 Å². The zero-order valence-corrected chi connectivity index (χ0v) is 15.6. The lowest BCUT2D eigenvalue weighted by Gasteiger charge is -2.35. The number of carbonyl (C=O) groups is 1. The molecule has 0 spiro atoms. The number of rotatable bonds is 4. The molecule has 1 N–H and O–H groups in total. The summed E-state index contributed by atoms with van der Waals surface area (Å²) in [6, 6.07) is 14.7. The smallest absolute Gasteiger partial charge is 0.238 e. The Kier molecular flexibility index (Phi) is 6.00. The van der Waals surface area contributed by atoms with E-state index in [0.29, 0.717) is 22.8 Å². The first-order chi connectivity index (χ1) is 12.5. The molecule has 0 aliphatic carbocycles. The van der Waals surface area contributed by atoms with Gasteiger partial charge < -0.3 is 10.2 Å². The molecule has 1 aliphatic rings. The highest BCUT2D eigenvalue weighted by atomic mass is 35.5. The number of nitrogens with zero attached hydrogens (tertiary/aromatic N) is 3. The second-order valence-corrected chi connectivity index (χ2v) is 6.94. The largest absolute Gasteiger partial charge is 0.369 e. The maximum absolute atomic E-state index is 12.3. The average molecular weight is 389 g/mol. The van der Waals surface area contributed by atoms with Crippen molar-refractivity contribution in [2.75, 3.05) is 42.9 Å². The van der Waals surface area contributed by atoms with E-state index in [1.165, 1.54) is 0 Å². The van der Waals surface area contributed by atoms with Crippen LogP contribution in [0.25, 0.3) is 0 Å². The molecule has 3 rings (SSSR count). The summed E-state index contributed by atoms with van der Waals surface area (Å²) in [5.74, 6) is -0.0954. The lowest BCUT2D eigenvalue weighted by atomic mass is 10.2. The highest BCUT2D eigenvalue weighted by Gasteiger charge is 2.19. The molecule has 1 heterocycles. The normalized spacial score (nSPS) is 14.7. The summed E-state index contributed by atoms with van der Waals surface area (Å²) in [5, 5.41) is 12.8. The Bertz CT molecular complexity index is 842. The Labute approximate surface area is 162 Å². The molecule has 1 amide bonds. The molecule has 1 aliphatic heterocycles. The molecule has 0 saturated carbocycles. The molecule has 0 unspecified atom stereocenters. The summed E-state index contributed by atoms with van der Waals surface area (Å²) in [5.41, 5.74) is 2.09. The lowest BCUT2D eigenvalue weighted by molar-refractivity contribution is -0.117. The van der Waals surface area contributed by atoms with Crippen molar-refractivity contribution in [3.8, 4) is 6.07 Å². The van der Waals surface area contributed by atoms with Crippen molar-refractivity contribution >= 4 is 40.5 Å². The van der Waals surface area contributed by atoms with E-state index in [0.717, 1.165) is 36.9 Å². The number of benzene rings is 2. The quantitative estimate of drug-likeness (QED) is 0.868. The fourth-order valence-corrected chi connectivity index (χ4v) is 3.33. The monoisotopic (exact) mass is 388 g/mol. The number of halogens is 2. The van der Waals surface area contributed by atoms with Gasteiger partial charge in [-0.2, -0.15) is 5.26 Å². The molecule has 0 aromatic heterocycles. The number of carbonyl (C=O) groups excluding carboxylic acids is 1. The number of anilines is 2. The van der Waals surface area contributed by atoms with Crippen molar-refractivity contribution in [2.45, 2.75) is 0 Å². The summed E-state index contributed by atoms with van der Waals surface area (Å²) >= 11 is 12.0. The fraction of sp³-hybridized carbons (Fsp3) is 0.263. The second-order valence-electron chi connectivity index (χ2n) is 6.10. The Morgan fingerprint density at radius 1 is 1.12 bits per heavy atom. The van der Waals surface area contributed by atoms with Crippen molar-refractivity contribution in [1.82, 2.24) is 4.90 Å². The molecule has 26 heavy (non-hydrogen) atoms. The van der Waals surface area contributed by atoms with Gasteiger partial charge in [-0.25, -0.2) is 0 Å². The minimum Gasteiger partial charge on any atom is -0.369 e. The Morgan fingerprint density at radius 2 is 1.88 bits per heavy atom. The van der Waals surface area contributed by atoms with Gasteiger partial charge in [0.2, 0.25) is 5.91 Å². The van der Waals surface area contributed by atoms with Crippen LogP contribution in [0.15, 0.2) is 42.5 Å². The first kappa shape index (κ1) is 18.5. The molecule has 0 bridgehead atoms. The molecule has 2 aromatic carbocycles. The van der Waals surface area contributed by atoms with Crippen molar-refractivity contribution in [1.29, 1.82) is 5.26 Å². The first-order valence-electron chi connectivity index (χ1n) is 8.27. The highest BCUT2D eigenvalue weighted by Crippen LogP contribution is 2.22. The number of amides is 1. The van der Waals surface area contributed by atoms with Gasteiger partial charge in [-0.15, -0.1) is 0 Å². The maximum Gasteiger partial charge on any atom is 0.238 e. The van der Waals surface area contributed by atoms with E-state index >= 15 is 0 Å². The van der Waals surface area contributed by atoms with Crippen LogP contribution < -0.4 is 10.2 Å². The lowest BCUT2D eigenvalue weighted by Crippen LogP contribution is -2.48. The summed E-state index contributed by atoms with van der Waals surface area (Å²) in [4.78, 5) is 16.6. The third-order valence-corrected chi connectivity index (χ3v) is 4.83. The summed E-state index contributed by atoms with van der Waals surface area (Å²) in [6.07, 6.45) is 0. The van der Waals surface area contributed by atoms with E-state index in [2.05, 4.69) is 15.1 Å². The van der Waals surface area contributed by atoms with Crippen LogP contribution in [0.1, 0.15) is 5.56 Å². The molecule has 134 valence electrons. The van der Waals surface area contributed by atoms with Gasteiger partial charge in [0, 0.05) is 42.6 Å². The summed E-state index contributed by atoms with van der Waals surface area (Å²) in [6.45, 7) is 3.61. The third kappa shape index (κ3) is 4.67. The molecule has 5 nitrogen and oxygen atoms in total. The van der Waals surface area contributed by atoms with Crippen molar-refractivity contribution < 1.29 is 4.79 Å². The topological polar surface area (TPSA) is 59.4 Å². The Balaban J connectivity index is 1.50. The predicted octanol–water partition coefficient (Wildman–Crippen LogP) is 3.63. The minimum atomic E-state index is -0.0954. The summed E-state index contributed by atoms with van der Waals surface area (Å²) < 4.78 is 0. The third-order valence-electron chi connectivity index (χ3n) is 4.29. The van der Waals surface area contributed by atoms with Crippen LogP contribution in [0, 0.1) is 11.3 Å². The van der Waals surface area contributed by atoms with Crippen LogP contribution in [0.5, 0.6) is 0 Å². The molecule has 0 radical (unpaired) electrons. The van der Waals surface area contributed by atoms with Crippen molar-refractivity contribution in [2.24, 2.45) is 0 Å². The van der Waals surface area contributed by atoms with Crippen molar-refractivity contribution in [3.05, 3.63) is 58.1 Å².